The summed E-state index contributed by atoms with van der Waals surface area (Å²) in [6.07, 6.45) is 0. The van der Waals surface area contributed by atoms with Crippen LogP contribution in [0, 0.1) is 13.8 Å². The number of carbonyl (C=O) groups is 2. The van der Waals surface area contributed by atoms with Crippen LogP contribution < -0.4 is 15.4 Å². The molecule has 1 aliphatic rings. The van der Waals surface area contributed by atoms with Gasteiger partial charge in [0, 0.05) is 11.3 Å². The van der Waals surface area contributed by atoms with Gasteiger partial charge in [-0.2, -0.15) is 0 Å². The van der Waals surface area contributed by atoms with E-state index >= 15 is 0 Å². The van der Waals surface area contributed by atoms with E-state index in [1.54, 1.807) is 18.2 Å². The summed E-state index contributed by atoms with van der Waals surface area (Å²) in [4.78, 5) is 23.7. The SMILES string of the molecule is Cc1ccc(C(=O)Nc2ccc3c(c2)NC(=O)CO3)c(C)c1. The maximum absolute atomic E-state index is 12.3. The summed E-state index contributed by atoms with van der Waals surface area (Å²) in [6, 6.07) is 10.8. The van der Waals surface area contributed by atoms with Crippen LogP contribution in [-0.4, -0.2) is 18.4 Å². The molecule has 1 heterocycles. The normalized spacial score (nSPS) is 12.9. The van der Waals surface area contributed by atoms with E-state index in [0.29, 0.717) is 22.7 Å². The second-order valence-corrected chi connectivity index (χ2v) is 5.32. The minimum Gasteiger partial charge on any atom is -0.482 e. The minimum atomic E-state index is -0.203. The largest absolute Gasteiger partial charge is 0.482 e. The number of hydrogen-bond donors (Lipinski definition) is 2. The third-order valence-electron chi connectivity index (χ3n) is 3.50. The Morgan fingerprint density at radius 3 is 2.77 bits per heavy atom. The second kappa shape index (κ2) is 5.52. The van der Waals surface area contributed by atoms with Gasteiger partial charge in [-0.1, -0.05) is 17.7 Å². The summed E-state index contributed by atoms with van der Waals surface area (Å²) in [5.74, 6) is 0.218. The van der Waals surface area contributed by atoms with Crippen molar-refractivity contribution in [1.29, 1.82) is 0 Å². The van der Waals surface area contributed by atoms with Gasteiger partial charge < -0.3 is 15.4 Å². The van der Waals surface area contributed by atoms with E-state index in [0.717, 1.165) is 11.1 Å². The van der Waals surface area contributed by atoms with Gasteiger partial charge in [0.05, 0.1) is 5.69 Å². The standard InChI is InChI=1S/C17H16N2O3/c1-10-3-5-13(11(2)7-10)17(21)18-12-4-6-15-14(8-12)19-16(20)9-22-15/h3-8H,9H2,1-2H3,(H,18,21)(H,19,20). The molecule has 0 saturated heterocycles. The molecular formula is C17H16N2O3. The molecule has 5 heteroatoms. The zero-order valence-corrected chi connectivity index (χ0v) is 12.4. The summed E-state index contributed by atoms with van der Waals surface area (Å²) >= 11 is 0. The summed E-state index contributed by atoms with van der Waals surface area (Å²) in [5.41, 5.74) is 3.84. The molecule has 0 bridgehead atoms. The molecule has 0 aliphatic carbocycles. The van der Waals surface area contributed by atoms with E-state index in [1.807, 2.05) is 32.0 Å². The van der Waals surface area contributed by atoms with Crippen LogP contribution in [0.1, 0.15) is 21.5 Å². The first-order valence-electron chi connectivity index (χ1n) is 6.98. The van der Waals surface area contributed by atoms with Crippen LogP contribution in [0.5, 0.6) is 5.75 Å². The van der Waals surface area contributed by atoms with Crippen LogP contribution >= 0.6 is 0 Å². The average molecular weight is 296 g/mol. The van der Waals surface area contributed by atoms with Crippen molar-refractivity contribution in [2.24, 2.45) is 0 Å². The zero-order valence-electron chi connectivity index (χ0n) is 12.4. The number of rotatable bonds is 2. The van der Waals surface area contributed by atoms with Gasteiger partial charge in [0.1, 0.15) is 5.75 Å². The first-order chi connectivity index (χ1) is 10.5. The van der Waals surface area contributed by atoms with E-state index in [1.165, 1.54) is 0 Å². The van der Waals surface area contributed by atoms with E-state index in [-0.39, 0.29) is 18.4 Å². The van der Waals surface area contributed by atoms with Crippen LogP contribution in [-0.2, 0) is 4.79 Å². The molecule has 0 aromatic heterocycles. The van der Waals surface area contributed by atoms with E-state index in [9.17, 15) is 9.59 Å². The van der Waals surface area contributed by atoms with Gasteiger partial charge in [-0.15, -0.1) is 0 Å². The Morgan fingerprint density at radius 1 is 1.18 bits per heavy atom. The predicted molar refractivity (Wildman–Crippen MR) is 84.4 cm³/mol. The highest BCUT2D eigenvalue weighted by atomic mass is 16.5. The molecule has 0 spiro atoms. The number of carbonyl (C=O) groups excluding carboxylic acids is 2. The number of ether oxygens (including phenoxy) is 1. The first kappa shape index (κ1) is 14.1. The lowest BCUT2D eigenvalue weighted by Gasteiger charge is -2.18. The maximum Gasteiger partial charge on any atom is 0.262 e. The third-order valence-corrected chi connectivity index (χ3v) is 3.50. The van der Waals surface area contributed by atoms with Gasteiger partial charge in [-0.05, 0) is 43.7 Å². The van der Waals surface area contributed by atoms with E-state index in [4.69, 9.17) is 4.74 Å². The molecule has 112 valence electrons. The van der Waals surface area contributed by atoms with Crippen LogP contribution in [0.4, 0.5) is 11.4 Å². The van der Waals surface area contributed by atoms with Gasteiger partial charge in [0.15, 0.2) is 6.61 Å². The van der Waals surface area contributed by atoms with Gasteiger partial charge in [0.2, 0.25) is 0 Å². The van der Waals surface area contributed by atoms with Crippen molar-refractivity contribution in [3.05, 3.63) is 53.1 Å². The molecule has 2 amide bonds. The highest BCUT2D eigenvalue weighted by Crippen LogP contribution is 2.30. The summed E-state index contributed by atoms with van der Waals surface area (Å²) < 4.78 is 5.29. The lowest BCUT2D eigenvalue weighted by atomic mass is 10.1. The van der Waals surface area contributed by atoms with Gasteiger partial charge in [0.25, 0.3) is 11.8 Å². The number of nitrogens with one attached hydrogen (secondary N) is 2. The van der Waals surface area contributed by atoms with Crippen molar-refractivity contribution in [1.82, 2.24) is 0 Å². The molecule has 22 heavy (non-hydrogen) atoms. The smallest absolute Gasteiger partial charge is 0.262 e. The number of amides is 2. The third kappa shape index (κ3) is 2.79. The number of benzene rings is 2. The molecule has 5 nitrogen and oxygen atoms in total. The van der Waals surface area contributed by atoms with Crippen molar-refractivity contribution < 1.29 is 14.3 Å². The minimum absolute atomic E-state index is 0.0151. The van der Waals surface area contributed by atoms with Crippen LogP contribution in [0.3, 0.4) is 0 Å². The topological polar surface area (TPSA) is 67.4 Å². The van der Waals surface area contributed by atoms with Crippen molar-refractivity contribution in [3.63, 3.8) is 0 Å². The van der Waals surface area contributed by atoms with Crippen molar-refractivity contribution >= 4 is 23.2 Å². The molecule has 0 unspecified atom stereocenters. The summed E-state index contributed by atoms with van der Waals surface area (Å²) in [7, 11) is 0. The molecule has 0 atom stereocenters. The average Bonchev–Trinajstić information content (AvgIpc) is 2.46. The predicted octanol–water partition coefficient (Wildman–Crippen LogP) is 2.89. The lowest BCUT2D eigenvalue weighted by Crippen LogP contribution is -2.25. The Bertz CT molecular complexity index is 768. The van der Waals surface area contributed by atoms with Crippen molar-refractivity contribution in [2.75, 3.05) is 17.2 Å². The number of hydrogen-bond acceptors (Lipinski definition) is 3. The van der Waals surface area contributed by atoms with Crippen LogP contribution in [0.2, 0.25) is 0 Å². The Balaban J connectivity index is 1.82. The Morgan fingerprint density at radius 2 is 2.00 bits per heavy atom. The van der Waals surface area contributed by atoms with E-state index in [2.05, 4.69) is 10.6 Å². The fraction of sp³-hybridized carbons (Fsp3) is 0.176. The van der Waals surface area contributed by atoms with Gasteiger partial charge in [-0.25, -0.2) is 0 Å². The second-order valence-electron chi connectivity index (χ2n) is 5.32. The maximum atomic E-state index is 12.3. The monoisotopic (exact) mass is 296 g/mol. The number of anilines is 2. The van der Waals surface area contributed by atoms with Gasteiger partial charge >= 0.3 is 0 Å². The Kier molecular flexibility index (Phi) is 3.55. The van der Waals surface area contributed by atoms with Gasteiger partial charge in [-0.3, -0.25) is 9.59 Å². The molecule has 1 aliphatic heterocycles. The van der Waals surface area contributed by atoms with Crippen LogP contribution in [0.25, 0.3) is 0 Å². The highest BCUT2D eigenvalue weighted by molar-refractivity contribution is 6.06. The molecule has 0 saturated carbocycles. The van der Waals surface area contributed by atoms with Crippen molar-refractivity contribution in [3.8, 4) is 5.75 Å². The molecule has 3 rings (SSSR count). The number of fused-ring (bicyclic) bond motifs is 1. The lowest BCUT2D eigenvalue weighted by molar-refractivity contribution is -0.118. The zero-order chi connectivity index (χ0) is 15.7. The molecule has 2 aromatic rings. The van der Waals surface area contributed by atoms with E-state index < -0.39 is 0 Å². The summed E-state index contributed by atoms with van der Waals surface area (Å²) in [6.45, 7) is 3.91. The number of aryl methyl sites for hydroxylation is 2. The fourth-order valence-corrected chi connectivity index (χ4v) is 2.43. The molecular weight excluding hydrogens is 280 g/mol. The summed E-state index contributed by atoms with van der Waals surface area (Å²) in [5, 5.41) is 5.55. The van der Waals surface area contributed by atoms with Crippen molar-refractivity contribution in [2.45, 2.75) is 13.8 Å². The quantitative estimate of drug-likeness (QED) is 0.895. The molecule has 0 fully saturated rings. The molecule has 0 radical (unpaired) electrons. The first-order valence-corrected chi connectivity index (χ1v) is 6.98. The Hall–Kier alpha value is -2.82. The van der Waals surface area contributed by atoms with Crippen LogP contribution in [0.15, 0.2) is 36.4 Å². The fourth-order valence-electron chi connectivity index (χ4n) is 2.43. The Labute approximate surface area is 128 Å². The molecule has 2 N–H and O–H groups in total. The molecule has 2 aromatic carbocycles. The highest BCUT2D eigenvalue weighted by Gasteiger charge is 2.17.